The minimum absolute atomic E-state index is 0.926. The van der Waals surface area contributed by atoms with Crippen LogP contribution in [0.5, 0.6) is 0 Å². The molecule has 4 rings (SSSR count). The fourth-order valence-corrected chi connectivity index (χ4v) is 7.57. The topological polar surface area (TPSA) is 6.48 Å². The van der Waals surface area contributed by atoms with Crippen molar-refractivity contribution in [1.29, 1.82) is 0 Å². The molecular weight excluding hydrogens is 364 g/mol. The van der Waals surface area contributed by atoms with E-state index in [-0.39, 0.29) is 0 Å². The molecule has 0 amide bonds. The predicted molar refractivity (Wildman–Crippen MR) is 130 cm³/mol. The molecule has 0 spiro atoms. The predicted octanol–water partition coefficient (Wildman–Crippen LogP) is 7.70. The van der Waals surface area contributed by atoms with Crippen LogP contribution in [0.1, 0.15) is 141 Å². The van der Waals surface area contributed by atoms with Crippen LogP contribution in [0.2, 0.25) is 0 Å². The number of hydrogen-bond acceptors (Lipinski definition) is 2. The Labute approximate surface area is 188 Å². The molecular formula is C28H52N2. The van der Waals surface area contributed by atoms with E-state index in [2.05, 4.69) is 9.80 Å². The van der Waals surface area contributed by atoms with Gasteiger partial charge in [-0.15, -0.1) is 0 Å². The first-order chi connectivity index (χ1) is 14.9. The van der Waals surface area contributed by atoms with Crippen LogP contribution in [0.4, 0.5) is 0 Å². The van der Waals surface area contributed by atoms with Crippen LogP contribution >= 0.6 is 0 Å². The largest absolute Gasteiger partial charge is 0.297 e. The molecule has 0 aliphatic heterocycles. The molecule has 0 unspecified atom stereocenters. The molecule has 2 nitrogen and oxygen atoms in total. The molecule has 0 aromatic carbocycles. The van der Waals surface area contributed by atoms with Crippen LogP contribution < -0.4 is 0 Å². The second kappa shape index (κ2) is 12.8. The fraction of sp³-hybridized carbons (Fsp3) is 1.00. The molecule has 0 N–H and O–H groups in total. The summed E-state index contributed by atoms with van der Waals surface area (Å²) in [5.74, 6) is 0. The van der Waals surface area contributed by atoms with Crippen LogP contribution in [-0.4, -0.2) is 47.1 Å². The molecule has 0 aromatic rings. The van der Waals surface area contributed by atoms with Gasteiger partial charge in [-0.1, -0.05) is 77.0 Å². The van der Waals surface area contributed by atoms with Crippen LogP contribution in [-0.2, 0) is 0 Å². The van der Waals surface area contributed by atoms with Gasteiger partial charge in [-0.05, 0) is 77.3 Å². The smallest absolute Gasteiger partial charge is 0.00981 e. The Morgan fingerprint density at radius 1 is 0.333 bits per heavy atom. The van der Waals surface area contributed by atoms with Crippen molar-refractivity contribution in [3.8, 4) is 0 Å². The molecule has 0 radical (unpaired) electrons. The molecule has 30 heavy (non-hydrogen) atoms. The van der Waals surface area contributed by atoms with Crippen molar-refractivity contribution >= 4 is 0 Å². The fourth-order valence-electron chi connectivity index (χ4n) is 7.57. The van der Waals surface area contributed by atoms with Crippen molar-refractivity contribution in [3.63, 3.8) is 0 Å². The monoisotopic (exact) mass is 416 g/mol. The summed E-state index contributed by atoms with van der Waals surface area (Å²) in [6.07, 6.45) is 32.7. The van der Waals surface area contributed by atoms with E-state index in [4.69, 9.17) is 0 Å². The second-order valence-corrected chi connectivity index (χ2v) is 11.4. The Morgan fingerprint density at radius 3 is 0.800 bits per heavy atom. The van der Waals surface area contributed by atoms with Crippen molar-refractivity contribution in [2.75, 3.05) is 13.1 Å². The summed E-state index contributed by atoms with van der Waals surface area (Å²) in [5.41, 5.74) is 0. The first-order valence-corrected chi connectivity index (χ1v) is 14.4. The molecule has 2 heteroatoms. The van der Waals surface area contributed by atoms with Crippen molar-refractivity contribution in [2.24, 2.45) is 0 Å². The van der Waals surface area contributed by atoms with E-state index < -0.39 is 0 Å². The van der Waals surface area contributed by atoms with Crippen molar-refractivity contribution < 1.29 is 0 Å². The van der Waals surface area contributed by atoms with Crippen LogP contribution in [0.3, 0.4) is 0 Å². The van der Waals surface area contributed by atoms with E-state index in [0.29, 0.717) is 0 Å². The maximum atomic E-state index is 3.05. The average molecular weight is 417 g/mol. The summed E-state index contributed by atoms with van der Waals surface area (Å²) in [5, 5.41) is 0. The van der Waals surface area contributed by atoms with Crippen LogP contribution in [0.25, 0.3) is 0 Å². The highest BCUT2D eigenvalue weighted by molar-refractivity contribution is 4.86. The SMILES string of the molecule is C1CCC(N(CCCCN(C2CCCCC2)C2CCCCC2)C2CCCCC2)CC1. The molecule has 0 bridgehead atoms. The first kappa shape index (κ1) is 23.1. The van der Waals surface area contributed by atoms with E-state index in [0.717, 1.165) is 24.2 Å². The van der Waals surface area contributed by atoms with Gasteiger partial charge in [-0.25, -0.2) is 0 Å². The van der Waals surface area contributed by atoms with Gasteiger partial charge in [0.05, 0.1) is 0 Å². The van der Waals surface area contributed by atoms with Crippen molar-refractivity contribution in [3.05, 3.63) is 0 Å². The molecule has 174 valence electrons. The maximum Gasteiger partial charge on any atom is 0.00981 e. The molecule has 0 aromatic heterocycles. The van der Waals surface area contributed by atoms with Crippen molar-refractivity contribution in [1.82, 2.24) is 9.80 Å². The Kier molecular flexibility index (Phi) is 9.87. The van der Waals surface area contributed by atoms with Gasteiger partial charge in [0.1, 0.15) is 0 Å². The van der Waals surface area contributed by atoms with E-state index in [9.17, 15) is 0 Å². The van der Waals surface area contributed by atoms with Gasteiger partial charge in [0, 0.05) is 24.2 Å². The molecule has 0 saturated heterocycles. The molecule has 4 fully saturated rings. The minimum atomic E-state index is 0.926. The van der Waals surface area contributed by atoms with E-state index in [1.807, 2.05) is 0 Å². The Balaban J connectivity index is 1.28. The van der Waals surface area contributed by atoms with Crippen LogP contribution in [0, 0.1) is 0 Å². The van der Waals surface area contributed by atoms with Gasteiger partial charge in [-0.3, -0.25) is 9.80 Å². The number of rotatable bonds is 9. The minimum Gasteiger partial charge on any atom is -0.297 e. The summed E-state index contributed by atoms with van der Waals surface area (Å²) in [4.78, 5) is 6.09. The summed E-state index contributed by atoms with van der Waals surface area (Å²) < 4.78 is 0. The van der Waals surface area contributed by atoms with E-state index in [1.165, 1.54) is 154 Å². The normalized spacial score (nSPS) is 26.6. The summed E-state index contributed by atoms with van der Waals surface area (Å²) in [6.45, 7) is 2.80. The molecule has 0 atom stereocenters. The second-order valence-electron chi connectivity index (χ2n) is 11.4. The standard InChI is InChI=1S/C28H52N2/c1-5-15-25(16-6-1)29(26-17-7-2-8-18-26)23-13-14-24-30(27-19-9-3-10-20-27)28-21-11-4-12-22-28/h25-28H,1-24H2. The molecule has 4 aliphatic carbocycles. The highest BCUT2D eigenvalue weighted by Gasteiger charge is 2.30. The Hall–Kier alpha value is -0.0800. The molecule has 4 saturated carbocycles. The maximum absolute atomic E-state index is 3.05. The first-order valence-electron chi connectivity index (χ1n) is 14.4. The lowest BCUT2D eigenvalue weighted by molar-refractivity contribution is 0.0649. The third-order valence-corrected chi connectivity index (χ3v) is 9.26. The summed E-state index contributed by atoms with van der Waals surface area (Å²) in [6, 6.07) is 3.70. The van der Waals surface area contributed by atoms with Gasteiger partial charge in [0.15, 0.2) is 0 Å². The van der Waals surface area contributed by atoms with E-state index >= 15 is 0 Å². The lowest BCUT2D eigenvalue weighted by atomic mass is 9.88. The molecule has 0 heterocycles. The zero-order valence-corrected chi connectivity index (χ0v) is 20.2. The van der Waals surface area contributed by atoms with Crippen molar-refractivity contribution in [2.45, 2.75) is 165 Å². The highest BCUT2D eigenvalue weighted by atomic mass is 15.2. The third kappa shape index (κ3) is 6.71. The number of nitrogens with zero attached hydrogens (tertiary/aromatic N) is 2. The number of hydrogen-bond donors (Lipinski definition) is 0. The third-order valence-electron chi connectivity index (χ3n) is 9.26. The number of unbranched alkanes of at least 4 members (excludes halogenated alkanes) is 1. The van der Waals surface area contributed by atoms with Gasteiger partial charge in [0.2, 0.25) is 0 Å². The highest BCUT2D eigenvalue weighted by Crippen LogP contribution is 2.32. The summed E-state index contributed by atoms with van der Waals surface area (Å²) >= 11 is 0. The lowest BCUT2D eigenvalue weighted by Gasteiger charge is -2.43. The van der Waals surface area contributed by atoms with Gasteiger partial charge in [0.25, 0.3) is 0 Å². The lowest BCUT2D eigenvalue weighted by Crippen LogP contribution is -2.47. The van der Waals surface area contributed by atoms with Gasteiger partial charge < -0.3 is 0 Å². The summed E-state index contributed by atoms with van der Waals surface area (Å²) in [7, 11) is 0. The molecule has 4 aliphatic rings. The van der Waals surface area contributed by atoms with Gasteiger partial charge in [-0.2, -0.15) is 0 Å². The zero-order chi connectivity index (χ0) is 20.4. The Bertz CT molecular complexity index is 362. The van der Waals surface area contributed by atoms with Crippen LogP contribution in [0.15, 0.2) is 0 Å². The Morgan fingerprint density at radius 2 is 0.567 bits per heavy atom. The van der Waals surface area contributed by atoms with E-state index in [1.54, 1.807) is 0 Å². The zero-order valence-electron chi connectivity index (χ0n) is 20.2. The quantitative estimate of drug-likeness (QED) is 0.355. The average Bonchev–Trinajstić information content (AvgIpc) is 2.84. The van der Waals surface area contributed by atoms with Gasteiger partial charge >= 0.3 is 0 Å².